The van der Waals surface area contributed by atoms with Gasteiger partial charge in [0.2, 0.25) is 0 Å². The Kier molecular flexibility index (Phi) is 5.01. The topological polar surface area (TPSA) is 85.8 Å². The van der Waals surface area contributed by atoms with Crippen LogP contribution in [0.15, 0.2) is 48.5 Å². The molecule has 0 saturated heterocycles. The summed E-state index contributed by atoms with van der Waals surface area (Å²) < 4.78 is 0. The van der Waals surface area contributed by atoms with Crippen molar-refractivity contribution in [2.45, 2.75) is 6.92 Å². The summed E-state index contributed by atoms with van der Waals surface area (Å²) in [5, 5.41) is 18.3. The van der Waals surface area contributed by atoms with Gasteiger partial charge in [0.05, 0.1) is 0 Å². The first-order valence-corrected chi connectivity index (χ1v) is 7.17. The lowest BCUT2D eigenvalue weighted by Gasteiger charge is -2.08. The Hall–Kier alpha value is -2.53. The van der Waals surface area contributed by atoms with E-state index in [0.717, 1.165) is 5.56 Å². The molecule has 0 heterocycles. The SMILES string of the molecule is Cc1ccc(/C(S)=C/C(=N)Nc2ccc(N)c(C=N)c2)cc1. The number of nitrogens with one attached hydrogen (secondary N) is 3. The Morgan fingerprint density at radius 2 is 1.86 bits per heavy atom. The predicted octanol–water partition coefficient (Wildman–Crippen LogP) is 3.93. The van der Waals surface area contributed by atoms with Crippen molar-refractivity contribution in [3.05, 3.63) is 65.2 Å². The molecule has 2 rings (SSSR count). The van der Waals surface area contributed by atoms with Crippen molar-refractivity contribution in [3.63, 3.8) is 0 Å². The molecule has 0 aliphatic rings. The zero-order valence-electron chi connectivity index (χ0n) is 12.2. The molecule has 0 saturated carbocycles. The van der Waals surface area contributed by atoms with E-state index in [2.05, 4.69) is 17.9 Å². The van der Waals surface area contributed by atoms with Crippen molar-refractivity contribution in [2.75, 3.05) is 11.1 Å². The third-order valence-corrected chi connectivity index (χ3v) is 3.54. The quantitative estimate of drug-likeness (QED) is 0.256. The van der Waals surface area contributed by atoms with Crippen LogP contribution < -0.4 is 11.1 Å². The molecule has 22 heavy (non-hydrogen) atoms. The summed E-state index contributed by atoms with van der Waals surface area (Å²) in [4.78, 5) is 0.709. The number of aryl methyl sites for hydroxylation is 1. The molecule has 0 unspecified atom stereocenters. The van der Waals surface area contributed by atoms with Gasteiger partial charge in [0.25, 0.3) is 0 Å². The minimum absolute atomic E-state index is 0.214. The van der Waals surface area contributed by atoms with E-state index in [-0.39, 0.29) is 5.84 Å². The van der Waals surface area contributed by atoms with Crippen molar-refractivity contribution >= 4 is 41.0 Å². The fourth-order valence-corrected chi connectivity index (χ4v) is 2.19. The molecule has 0 bridgehead atoms. The van der Waals surface area contributed by atoms with Crippen LogP contribution in [0.1, 0.15) is 16.7 Å². The average Bonchev–Trinajstić information content (AvgIpc) is 2.49. The molecule has 0 aromatic heterocycles. The number of rotatable bonds is 4. The molecular weight excluding hydrogens is 292 g/mol. The van der Waals surface area contributed by atoms with Gasteiger partial charge in [-0.2, -0.15) is 0 Å². The number of benzene rings is 2. The van der Waals surface area contributed by atoms with Gasteiger partial charge >= 0.3 is 0 Å². The number of hydrogen-bond donors (Lipinski definition) is 5. The molecule has 0 fully saturated rings. The van der Waals surface area contributed by atoms with Gasteiger partial charge in [-0.3, -0.25) is 5.41 Å². The van der Waals surface area contributed by atoms with Crippen LogP contribution in [-0.4, -0.2) is 12.1 Å². The summed E-state index contributed by atoms with van der Waals surface area (Å²) in [6, 6.07) is 13.2. The van der Waals surface area contributed by atoms with Crippen molar-refractivity contribution in [2.24, 2.45) is 0 Å². The minimum atomic E-state index is 0.214. The van der Waals surface area contributed by atoms with E-state index in [9.17, 15) is 0 Å². The second-order valence-electron chi connectivity index (χ2n) is 4.92. The van der Waals surface area contributed by atoms with Gasteiger partial charge in [0.1, 0.15) is 5.84 Å². The molecule has 4 nitrogen and oxygen atoms in total. The molecule has 2 aromatic rings. The van der Waals surface area contributed by atoms with E-state index in [1.165, 1.54) is 11.8 Å². The average molecular weight is 310 g/mol. The number of anilines is 2. The second-order valence-corrected chi connectivity index (χ2v) is 5.40. The van der Waals surface area contributed by atoms with Gasteiger partial charge < -0.3 is 16.5 Å². The van der Waals surface area contributed by atoms with E-state index in [1.807, 2.05) is 31.2 Å². The normalized spacial score (nSPS) is 11.1. The minimum Gasteiger partial charge on any atom is -0.398 e. The largest absolute Gasteiger partial charge is 0.398 e. The second kappa shape index (κ2) is 6.95. The first-order valence-electron chi connectivity index (χ1n) is 6.73. The molecule has 5 N–H and O–H groups in total. The van der Waals surface area contributed by atoms with Crippen molar-refractivity contribution in [1.82, 2.24) is 0 Å². The lowest BCUT2D eigenvalue weighted by atomic mass is 10.1. The molecule has 5 heteroatoms. The van der Waals surface area contributed by atoms with Gasteiger partial charge in [0.15, 0.2) is 0 Å². The van der Waals surface area contributed by atoms with Crippen LogP contribution in [0.25, 0.3) is 4.91 Å². The third kappa shape index (κ3) is 3.99. The smallest absolute Gasteiger partial charge is 0.123 e. The summed E-state index contributed by atoms with van der Waals surface area (Å²) in [6.45, 7) is 2.03. The Morgan fingerprint density at radius 3 is 2.50 bits per heavy atom. The molecule has 0 atom stereocenters. The highest BCUT2D eigenvalue weighted by molar-refractivity contribution is 7.90. The maximum Gasteiger partial charge on any atom is 0.123 e. The first-order chi connectivity index (χ1) is 10.5. The Balaban J connectivity index is 2.13. The van der Waals surface area contributed by atoms with Gasteiger partial charge in [-0.1, -0.05) is 29.8 Å². The number of nitrogen functional groups attached to an aromatic ring is 1. The van der Waals surface area contributed by atoms with Crippen LogP contribution in [0.4, 0.5) is 11.4 Å². The monoisotopic (exact) mass is 310 g/mol. The number of nitrogens with two attached hydrogens (primary N) is 1. The third-order valence-electron chi connectivity index (χ3n) is 3.15. The maximum atomic E-state index is 8.00. The standard InChI is InChI=1S/C17H18N4S/c1-11-2-4-12(5-3-11)16(22)9-17(20)21-14-6-7-15(19)13(8-14)10-18/h2-10,18,22H,19H2,1H3,(H2,20,21)/b16-9-,18-10?. The predicted molar refractivity (Wildman–Crippen MR) is 98.2 cm³/mol. The zero-order valence-corrected chi connectivity index (χ0v) is 13.1. The molecular formula is C17H18N4S. The lowest BCUT2D eigenvalue weighted by molar-refractivity contribution is 1.46. The summed E-state index contributed by atoms with van der Waals surface area (Å²) in [5.74, 6) is 0.214. The van der Waals surface area contributed by atoms with E-state index < -0.39 is 0 Å². The molecule has 0 aliphatic carbocycles. The Morgan fingerprint density at radius 1 is 1.18 bits per heavy atom. The van der Waals surface area contributed by atoms with Gasteiger partial charge in [0, 0.05) is 28.1 Å². The highest BCUT2D eigenvalue weighted by Crippen LogP contribution is 2.20. The fourth-order valence-electron chi connectivity index (χ4n) is 1.91. The molecule has 0 aliphatic heterocycles. The van der Waals surface area contributed by atoms with Crippen LogP contribution in [0, 0.1) is 17.7 Å². The zero-order chi connectivity index (χ0) is 16.1. The van der Waals surface area contributed by atoms with Gasteiger partial charge in [-0.15, -0.1) is 12.6 Å². The Labute approximate surface area is 135 Å². The van der Waals surface area contributed by atoms with Crippen LogP contribution in [-0.2, 0) is 0 Å². The number of hydrogen-bond acceptors (Lipinski definition) is 4. The van der Waals surface area contributed by atoms with Crippen molar-refractivity contribution < 1.29 is 0 Å². The molecule has 2 aromatic carbocycles. The number of thiol groups is 1. The van der Waals surface area contributed by atoms with Crippen molar-refractivity contribution in [1.29, 1.82) is 10.8 Å². The summed E-state index contributed by atoms with van der Waals surface area (Å²) in [7, 11) is 0. The lowest BCUT2D eigenvalue weighted by Crippen LogP contribution is -2.08. The van der Waals surface area contributed by atoms with Gasteiger partial charge in [-0.25, -0.2) is 0 Å². The summed E-state index contributed by atoms with van der Waals surface area (Å²) in [5.41, 5.74) is 9.74. The highest BCUT2D eigenvalue weighted by Gasteiger charge is 2.02. The molecule has 0 spiro atoms. The van der Waals surface area contributed by atoms with Crippen LogP contribution in [0.2, 0.25) is 0 Å². The molecule has 0 radical (unpaired) electrons. The fraction of sp³-hybridized carbons (Fsp3) is 0.0588. The van der Waals surface area contributed by atoms with Crippen molar-refractivity contribution in [3.8, 4) is 0 Å². The van der Waals surface area contributed by atoms with E-state index in [0.29, 0.717) is 21.8 Å². The number of amidine groups is 1. The molecule has 112 valence electrons. The van der Waals surface area contributed by atoms with E-state index in [1.54, 1.807) is 24.3 Å². The van der Waals surface area contributed by atoms with Crippen LogP contribution >= 0.6 is 12.6 Å². The van der Waals surface area contributed by atoms with Crippen LogP contribution in [0.3, 0.4) is 0 Å². The maximum absolute atomic E-state index is 8.00. The molecule has 0 amide bonds. The summed E-state index contributed by atoms with van der Waals surface area (Å²) in [6.07, 6.45) is 2.84. The summed E-state index contributed by atoms with van der Waals surface area (Å²) >= 11 is 4.44. The highest BCUT2D eigenvalue weighted by atomic mass is 32.1. The van der Waals surface area contributed by atoms with E-state index >= 15 is 0 Å². The Bertz CT molecular complexity index is 733. The van der Waals surface area contributed by atoms with Gasteiger partial charge in [-0.05, 0) is 36.8 Å². The van der Waals surface area contributed by atoms with E-state index in [4.69, 9.17) is 16.6 Å². The van der Waals surface area contributed by atoms with Crippen LogP contribution in [0.5, 0.6) is 0 Å². The first kappa shape index (κ1) is 15.9.